The van der Waals surface area contributed by atoms with E-state index in [1.54, 1.807) is 20.8 Å². The van der Waals surface area contributed by atoms with Crippen LogP contribution >= 0.6 is 0 Å². The molecule has 1 atom stereocenters. The van der Waals surface area contributed by atoms with Gasteiger partial charge in [-0.15, -0.1) is 0 Å². The highest BCUT2D eigenvalue weighted by atomic mass is 16.6. The third-order valence-electron chi connectivity index (χ3n) is 1.88. The van der Waals surface area contributed by atoms with Crippen LogP contribution in [0, 0.1) is 0 Å². The van der Waals surface area contributed by atoms with Gasteiger partial charge < -0.3 is 4.74 Å². The Labute approximate surface area is 93.7 Å². The highest BCUT2D eigenvalue weighted by molar-refractivity contribution is 6.05. The summed E-state index contributed by atoms with van der Waals surface area (Å²) in [4.78, 5) is 33.3. The summed E-state index contributed by atoms with van der Waals surface area (Å²) in [5.74, 6) is -1.17. The average Bonchev–Trinajstić information content (AvgIpc) is 2.38. The van der Waals surface area contributed by atoms with Crippen LogP contribution in [0.4, 0.5) is 0 Å². The Morgan fingerprint density at radius 3 is 2.56 bits per heavy atom. The SMILES string of the molecule is CC(C)(C)OC(=O)CNC1CC(=O)NC1=O. The number of hydrogen-bond acceptors (Lipinski definition) is 5. The number of carbonyl (C=O) groups excluding carboxylic acids is 3. The van der Waals surface area contributed by atoms with E-state index in [9.17, 15) is 14.4 Å². The van der Waals surface area contributed by atoms with E-state index in [1.807, 2.05) is 0 Å². The lowest BCUT2D eigenvalue weighted by Gasteiger charge is -2.20. The van der Waals surface area contributed by atoms with Crippen molar-refractivity contribution in [3.05, 3.63) is 0 Å². The predicted molar refractivity (Wildman–Crippen MR) is 55.4 cm³/mol. The lowest BCUT2D eigenvalue weighted by Crippen LogP contribution is -2.41. The Kier molecular flexibility index (Phi) is 3.64. The van der Waals surface area contributed by atoms with E-state index in [0.29, 0.717) is 0 Å². The molecule has 6 heteroatoms. The maximum Gasteiger partial charge on any atom is 0.320 e. The van der Waals surface area contributed by atoms with Crippen molar-refractivity contribution < 1.29 is 19.1 Å². The van der Waals surface area contributed by atoms with Crippen molar-refractivity contribution in [3.63, 3.8) is 0 Å². The molecule has 6 nitrogen and oxygen atoms in total. The zero-order valence-corrected chi connectivity index (χ0v) is 9.62. The van der Waals surface area contributed by atoms with Gasteiger partial charge in [-0.25, -0.2) is 0 Å². The lowest BCUT2D eigenvalue weighted by molar-refractivity contribution is -0.153. The summed E-state index contributed by atoms with van der Waals surface area (Å²) < 4.78 is 5.04. The number of ether oxygens (including phenoxy) is 1. The molecule has 1 rings (SSSR count). The third-order valence-corrected chi connectivity index (χ3v) is 1.88. The van der Waals surface area contributed by atoms with Crippen molar-refractivity contribution in [2.75, 3.05) is 6.54 Å². The van der Waals surface area contributed by atoms with Gasteiger partial charge in [0.1, 0.15) is 5.60 Å². The van der Waals surface area contributed by atoms with Crippen LogP contribution in [0.15, 0.2) is 0 Å². The fourth-order valence-corrected chi connectivity index (χ4v) is 1.30. The fourth-order valence-electron chi connectivity index (χ4n) is 1.30. The quantitative estimate of drug-likeness (QED) is 0.494. The van der Waals surface area contributed by atoms with Crippen molar-refractivity contribution in [2.24, 2.45) is 0 Å². The van der Waals surface area contributed by atoms with Crippen LogP contribution in [0.1, 0.15) is 27.2 Å². The van der Waals surface area contributed by atoms with Gasteiger partial charge >= 0.3 is 5.97 Å². The molecule has 0 aromatic rings. The van der Waals surface area contributed by atoms with E-state index < -0.39 is 23.5 Å². The molecule has 90 valence electrons. The van der Waals surface area contributed by atoms with E-state index in [2.05, 4.69) is 10.6 Å². The summed E-state index contributed by atoms with van der Waals surface area (Å²) in [6.07, 6.45) is 0.0711. The lowest BCUT2D eigenvalue weighted by atomic mass is 10.2. The first-order chi connectivity index (χ1) is 7.28. The van der Waals surface area contributed by atoms with E-state index in [4.69, 9.17) is 4.74 Å². The van der Waals surface area contributed by atoms with Crippen LogP contribution in [0.5, 0.6) is 0 Å². The van der Waals surface area contributed by atoms with Crippen molar-refractivity contribution in [3.8, 4) is 0 Å². The highest BCUT2D eigenvalue weighted by Gasteiger charge is 2.30. The molecule has 0 radical (unpaired) electrons. The molecule has 0 bridgehead atoms. The summed E-state index contributed by atoms with van der Waals surface area (Å²) in [6.45, 7) is 5.20. The number of hydrogen-bond donors (Lipinski definition) is 2. The standard InChI is InChI=1S/C10H16N2O4/c1-10(2,3)16-8(14)5-11-6-4-7(13)12-9(6)15/h6,11H,4-5H2,1-3H3,(H,12,13,15). The van der Waals surface area contributed by atoms with Gasteiger partial charge in [-0.05, 0) is 20.8 Å². The summed E-state index contributed by atoms with van der Waals surface area (Å²) in [5.41, 5.74) is -0.549. The third kappa shape index (κ3) is 3.98. The first kappa shape index (κ1) is 12.6. The molecule has 0 aromatic heterocycles. The van der Waals surface area contributed by atoms with Gasteiger partial charge in [0.05, 0.1) is 19.0 Å². The maximum atomic E-state index is 11.3. The van der Waals surface area contributed by atoms with Crippen molar-refractivity contribution in [2.45, 2.75) is 38.8 Å². The van der Waals surface area contributed by atoms with Crippen molar-refractivity contribution in [1.82, 2.24) is 10.6 Å². The van der Waals surface area contributed by atoms with E-state index in [-0.39, 0.29) is 18.9 Å². The van der Waals surface area contributed by atoms with Gasteiger partial charge in [0.25, 0.3) is 0 Å². The molecule has 1 saturated heterocycles. The summed E-state index contributed by atoms with van der Waals surface area (Å²) in [6, 6.07) is -0.625. The molecule has 0 aliphatic carbocycles. The summed E-state index contributed by atoms with van der Waals surface area (Å²) >= 11 is 0. The Morgan fingerprint density at radius 1 is 1.50 bits per heavy atom. The van der Waals surface area contributed by atoms with Crippen LogP contribution in [0.3, 0.4) is 0 Å². The Morgan fingerprint density at radius 2 is 2.12 bits per heavy atom. The molecule has 0 spiro atoms. The minimum atomic E-state index is -0.625. The minimum Gasteiger partial charge on any atom is -0.459 e. The zero-order valence-electron chi connectivity index (χ0n) is 9.62. The summed E-state index contributed by atoms with van der Waals surface area (Å²) in [7, 11) is 0. The second kappa shape index (κ2) is 4.61. The van der Waals surface area contributed by atoms with Crippen LogP contribution in [-0.4, -0.2) is 36.0 Å². The maximum absolute atomic E-state index is 11.3. The smallest absolute Gasteiger partial charge is 0.320 e. The molecular weight excluding hydrogens is 212 g/mol. The highest BCUT2D eigenvalue weighted by Crippen LogP contribution is 2.07. The van der Waals surface area contributed by atoms with E-state index >= 15 is 0 Å². The van der Waals surface area contributed by atoms with E-state index in [1.165, 1.54) is 0 Å². The molecule has 1 unspecified atom stereocenters. The molecule has 0 saturated carbocycles. The molecule has 1 aliphatic rings. The van der Waals surface area contributed by atoms with Crippen LogP contribution in [0.25, 0.3) is 0 Å². The monoisotopic (exact) mass is 228 g/mol. The number of carbonyl (C=O) groups is 3. The number of imide groups is 1. The van der Waals surface area contributed by atoms with Crippen molar-refractivity contribution >= 4 is 17.8 Å². The molecule has 0 aromatic carbocycles. The van der Waals surface area contributed by atoms with Gasteiger partial charge in [-0.2, -0.15) is 0 Å². The first-order valence-corrected chi connectivity index (χ1v) is 5.07. The molecule has 1 fully saturated rings. The molecule has 2 N–H and O–H groups in total. The molecular formula is C10H16N2O4. The Hall–Kier alpha value is -1.43. The molecule has 16 heavy (non-hydrogen) atoms. The van der Waals surface area contributed by atoms with Gasteiger partial charge in [-0.3, -0.25) is 25.0 Å². The fraction of sp³-hybridized carbons (Fsp3) is 0.700. The second-order valence-electron chi connectivity index (χ2n) is 4.64. The number of amides is 2. The second-order valence-corrected chi connectivity index (χ2v) is 4.64. The largest absolute Gasteiger partial charge is 0.459 e. The Bertz CT molecular complexity index is 319. The predicted octanol–water partition coefficient (Wildman–Crippen LogP) is -0.667. The first-order valence-electron chi connectivity index (χ1n) is 5.07. The average molecular weight is 228 g/mol. The zero-order chi connectivity index (χ0) is 12.3. The van der Waals surface area contributed by atoms with Gasteiger partial charge in [0.2, 0.25) is 11.8 Å². The van der Waals surface area contributed by atoms with Gasteiger partial charge in [0.15, 0.2) is 0 Å². The Balaban J connectivity index is 2.32. The normalized spacial score (nSPS) is 20.8. The van der Waals surface area contributed by atoms with Gasteiger partial charge in [0, 0.05) is 0 Å². The molecule has 1 heterocycles. The van der Waals surface area contributed by atoms with Crippen LogP contribution in [0.2, 0.25) is 0 Å². The molecule has 1 aliphatic heterocycles. The number of esters is 1. The number of nitrogens with one attached hydrogen (secondary N) is 2. The van der Waals surface area contributed by atoms with Crippen LogP contribution in [-0.2, 0) is 19.1 Å². The van der Waals surface area contributed by atoms with Crippen molar-refractivity contribution in [1.29, 1.82) is 0 Å². The van der Waals surface area contributed by atoms with E-state index in [0.717, 1.165) is 0 Å². The topological polar surface area (TPSA) is 84.5 Å². The van der Waals surface area contributed by atoms with Crippen LogP contribution < -0.4 is 10.6 Å². The minimum absolute atomic E-state index is 0.0711. The summed E-state index contributed by atoms with van der Waals surface area (Å²) in [5, 5.41) is 4.82. The van der Waals surface area contributed by atoms with Gasteiger partial charge in [-0.1, -0.05) is 0 Å². The number of rotatable bonds is 3. The molecule has 2 amide bonds.